The van der Waals surface area contributed by atoms with Gasteiger partial charge in [0.25, 0.3) is 5.56 Å². The predicted molar refractivity (Wildman–Crippen MR) is 76.9 cm³/mol. The summed E-state index contributed by atoms with van der Waals surface area (Å²) in [7, 11) is 0. The van der Waals surface area contributed by atoms with Crippen molar-refractivity contribution in [2.75, 3.05) is 18.5 Å². The minimum absolute atomic E-state index is 0.0745. The van der Waals surface area contributed by atoms with Crippen LogP contribution in [0.15, 0.2) is 17.2 Å². The van der Waals surface area contributed by atoms with E-state index in [0.29, 0.717) is 19.0 Å². The van der Waals surface area contributed by atoms with Crippen LogP contribution in [0.1, 0.15) is 34.6 Å². The third kappa shape index (κ3) is 3.37. The van der Waals surface area contributed by atoms with E-state index in [1.165, 1.54) is 0 Å². The molecule has 20 heavy (non-hydrogen) atoms. The van der Waals surface area contributed by atoms with Crippen molar-refractivity contribution in [2.24, 2.45) is 0 Å². The highest BCUT2D eigenvalue weighted by molar-refractivity contribution is 5.31. The first kappa shape index (κ1) is 15.0. The van der Waals surface area contributed by atoms with E-state index in [0.717, 1.165) is 0 Å². The summed E-state index contributed by atoms with van der Waals surface area (Å²) < 4.78 is 12.8. The number of rotatable bonds is 3. The second-order valence-corrected chi connectivity index (χ2v) is 6.45. The third-order valence-corrected chi connectivity index (χ3v) is 3.13. The first-order chi connectivity index (χ1) is 9.19. The third-order valence-electron chi connectivity index (χ3n) is 3.13. The zero-order valence-electron chi connectivity index (χ0n) is 12.8. The van der Waals surface area contributed by atoms with Crippen molar-refractivity contribution >= 4 is 5.82 Å². The van der Waals surface area contributed by atoms with Crippen LogP contribution >= 0.6 is 0 Å². The number of nitrogens with one attached hydrogen (secondary N) is 1. The molecule has 1 aromatic rings. The molecule has 0 aliphatic carbocycles. The molecule has 1 saturated heterocycles. The van der Waals surface area contributed by atoms with Gasteiger partial charge in [-0.05, 0) is 34.6 Å². The van der Waals surface area contributed by atoms with Gasteiger partial charge in [-0.1, -0.05) is 0 Å². The van der Waals surface area contributed by atoms with Gasteiger partial charge in [-0.15, -0.1) is 0 Å². The van der Waals surface area contributed by atoms with Gasteiger partial charge in [0.1, 0.15) is 6.10 Å². The van der Waals surface area contributed by atoms with Gasteiger partial charge in [0.05, 0.1) is 6.61 Å². The molecular weight excluding hydrogens is 258 g/mol. The average molecular weight is 281 g/mol. The first-order valence-electron chi connectivity index (χ1n) is 6.83. The van der Waals surface area contributed by atoms with Crippen LogP contribution in [0.5, 0.6) is 0 Å². The van der Waals surface area contributed by atoms with Crippen LogP contribution in [0.25, 0.3) is 0 Å². The van der Waals surface area contributed by atoms with Crippen molar-refractivity contribution in [3.05, 3.63) is 22.7 Å². The number of anilines is 1. The predicted octanol–water partition coefficient (Wildman–Crippen LogP) is 1.56. The molecule has 1 N–H and O–H groups in total. The van der Waals surface area contributed by atoms with Gasteiger partial charge in [0, 0.05) is 24.5 Å². The minimum Gasteiger partial charge on any atom is -0.363 e. The molecule has 6 nitrogen and oxygen atoms in total. The molecule has 6 heteroatoms. The van der Waals surface area contributed by atoms with E-state index in [9.17, 15) is 4.79 Å². The van der Waals surface area contributed by atoms with Gasteiger partial charge in [0.15, 0.2) is 11.6 Å². The van der Waals surface area contributed by atoms with E-state index in [-0.39, 0.29) is 17.2 Å². The fraction of sp³-hybridized carbons (Fsp3) is 0.714. The SMILES string of the molecule is CC1(C)OCC(CNc2nccn(C(C)(C)C)c2=O)O1. The normalized spacial score (nSPS) is 21.9. The Morgan fingerprint density at radius 3 is 2.75 bits per heavy atom. The van der Waals surface area contributed by atoms with E-state index in [1.54, 1.807) is 17.0 Å². The van der Waals surface area contributed by atoms with E-state index in [2.05, 4.69) is 10.3 Å². The smallest absolute Gasteiger partial charge is 0.293 e. The average Bonchev–Trinajstić information content (AvgIpc) is 2.66. The number of ether oxygens (including phenoxy) is 2. The van der Waals surface area contributed by atoms with Gasteiger partial charge >= 0.3 is 0 Å². The van der Waals surface area contributed by atoms with Crippen molar-refractivity contribution in [3.63, 3.8) is 0 Å². The van der Waals surface area contributed by atoms with E-state index in [1.807, 2.05) is 34.6 Å². The van der Waals surface area contributed by atoms with Gasteiger partial charge in [0.2, 0.25) is 0 Å². The maximum absolute atomic E-state index is 12.3. The topological polar surface area (TPSA) is 65.4 Å². The number of nitrogens with zero attached hydrogens (tertiary/aromatic N) is 2. The standard InChI is InChI=1S/C14H23N3O3/c1-13(2,3)17-7-6-15-11(12(17)18)16-8-10-9-19-14(4,5)20-10/h6-7,10H,8-9H2,1-5H3,(H,15,16). The Morgan fingerprint density at radius 2 is 2.20 bits per heavy atom. The molecule has 1 aliphatic rings. The quantitative estimate of drug-likeness (QED) is 0.911. The van der Waals surface area contributed by atoms with E-state index >= 15 is 0 Å². The Bertz CT molecular complexity index is 531. The molecule has 0 spiro atoms. The number of hydrogen-bond acceptors (Lipinski definition) is 5. The van der Waals surface area contributed by atoms with Crippen molar-refractivity contribution < 1.29 is 9.47 Å². The van der Waals surface area contributed by atoms with Crippen LogP contribution in [0.3, 0.4) is 0 Å². The summed E-state index contributed by atoms with van der Waals surface area (Å²) in [5, 5.41) is 3.06. The Balaban J connectivity index is 2.06. The van der Waals surface area contributed by atoms with Crippen LogP contribution in [0, 0.1) is 0 Å². The highest BCUT2D eigenvalue weighted by Crippen LogP contribution is 2.22. The monoisotopic (exact) mass is 281 g/mol. The molecule has 0 bridgehead atoms. The fourth-order valence-electron chi connectivity index (χ4n) is 2.14. The largest absolute Gasteiger partial charge is 0.363 e. The molecule has 1 atom stereocenters. The van der Waals surface area contributed by atoms with Crippen molar-refractivity contribution in [3.8, 4) is 0 Å². The lowest BCUT2D eigenvalue weighted by molar-refractivity contribution is -0.136. The second kappa shape index (κ2) is 5.18. The summed E-state index contributed by atoms with van der Waals surface area (Å²) in [5.41, 5.74) is -0.399. The van der Waals surface area contributed by atoms with Crippen molar-refractivity contribution in [1.82, 2.24) is 9.55 Å². The molecule has 1 fully saturated rings. The molecule has 0 aromatic carbocycles. The summed E-state index contributed by atoms with van der Waals surface area (Å²) in [4.78, 5) is 16.4. The molecule has 1 unspecified atom stereocenters. The van der Waals surface area contributed by atoms with Gasteiger partial charge < -0.3 is 19.4 Å². The Kier molecular flexibility index (Phi) is 3.88. The molecule has 2 heterocycles. The van der Waals surface area contributed by atoms with Crippen LogP contribution in [0.2, 0.25) is 0 Å². The summed E-state index contributed by atoms with van der Waals surface area (Å²) in [6.45, 7) is 10.7. The molecular formula is C14H23N3O3. The van der Waals surface area contributed by atoms with Gasteiger partial charge in [-0.25, -0.2) is 4.98 Å². The summed E-state index contributed by atoms with van der Waals surface area (Å²) in [5.74, 6) is -0.210. The molecule has 2 rings (SSSR count). The zero-order chi connectivity index (χ0) is 15.0. The number of aromatic nitrogens is 2. The highest BCUT2D eigenvalue weighted by atomic mass is 16.7. The van der Waals surface area contributed by atoms with E-state index in [4.69, 9.17) is 9.47 Å². The van der Waals surface area contributed by atoms with Crippen LogP contribution in [-0.2, 0) is 15.0 Å². The lowest BCUT2D eigenvalue weighted by Gasteiger charge is -2.22. The zero-order valence-corrected chi connectivity index (χ0v) is 12.8. The minimum atomic E-state index is -0.553. The maximum Gasteiger partial charge on any atom is 0.293 e. The Labute approximate surface area is 119 Å². The fourth-order valence-corrected chi connectivity index (χ4v) is 2.14. The molecule has 0 saturated carbocycles. The maximum atomic E-state index is 12.3. The van der Waals surface area contributed by atoms with E-state index < -0.39 is 5.79 Å². The molecule has 0 radical (unpaired) electrons. The van der Waals surface area contributed by atoms with Crippen molar-refractivity contribution in [1.29, 1.82) is 0 Å². The summed E-state index contributed by atoms with van der Waals surface area (Å²) in [6.07, 6.45) is 3.26. The first-order valence-corrected chi connectivity index (χ1v) is 6.83. The number of hydrogen-bond donors (Lipinski definition) is 1. The van der Waals surface area contributed by atoms with Crippen LogP contribution < -0.4 is 10.9 Å². The Morgan fingerprint density at radius 1 is 1.50 bits per heavy atom. The Hall–Kier alpha value is -1.40. The molecule has 1 aromatic heterocycles. The second-order valence-electron chi connectivity index (χ2n) is 6.45. The van der Waals surface area contributed by atoms with Crippen LogP contribution in [0.4, 0.5) is 5.82 Å². The summed E-state index contributed by atoms with van der Waals surface area (Å²) in [6, 6.07) is 0. The summed E-state index contributed by atoms with van der Waals surface area (Å²) >= 11 is 0. The highest BCUT2D eigenvalue weighted by Gasteiger charge is 2.32. The molecule has 0 amide bonds. The molecule has 1 aliphatic heterocycles. The van der Waals surface area contributed by atoms with Crippen LogP contribution in [-0.4, -0.2) is 34.6 Å². The lowest BCUT2D eigenvalue weighted by Crippen LogP contribution is -2.36. The van der Waals surface area contributed by atoms with Gasteiger partial charge in [-0.3, -0.25) is 4.79 Å². The van der Waals surface area contributed by atoms with Crippen molar-refractivity contribution in [2.45, 2.75) is 52.0 Å². The lowest BCUT2D eigenvalue weighted by atomic mass is 10.1. The van der Waals surface area contributed by atoms with Gasteiger partial charge in [-0.2, -0.15) is 0 Å². The molecule has 112 valence electrons.